The average Bonchev–Trinajstić information content (AvgIpc) is 2.97. The van der Waals surface area contributed by atoms with Crippen molar-refractivity contribution in [2.75, 3.05) is 26.3 Å². The molecule has 23 heavy (non-hydrogen) atoms. The fourth-order valence-electron chi connectivity index (χ4n) is 3.13. The van der Waals surface area contributed by atoms with Crippen molar-refractivity contribution in [2.45, 2.75) is 49.0 Å². The molecule has 1 amide bonds. The molecular formula is C18H25NO3S. The van der Waals surface area contributed by atoms with Crippen LogP contribution in [0.1, 0.15) is 32.3 Å². The van der Waals surface area contributed by atoms with Crippen molar-refractivity contribution in [1.29, 1.82) is 0 Å². The van der Waals surface area contributed by atoms with Crippen molar-refractivity contribution >= 4 is 17.7 Å². The summed E-state index contributed by atoms with van der Waals surface area (Å²) in [6.45, 7) is 7.16. The van der Waals surface area contributed by atoms with Crippen molar-refractivity contribution in [1.82, 2.24) is 4.90 Å². The molecule has 0 atom stereocenters. The molecule has 126 valence electrons. The summed E-state index contributed by atoms with van der Waals surface area (Å²) < 4.78 is 11.4. The van der Waals surface area contributed by atoms with Crippen LogP contribution >= 0.6 is 11.8 Å². The highest BCUT2D eigenvalue weighted by molar-refractivity contribution is 7.99. The van der Waals surface area contributed by atoms with Gasteiger partial charge in [-0.1, -0.05) is 26.0 Å². The van der Waals surface area contributed by atoms with Crippen molar-refractivity contribution in [2.24, 2.45) is 0 Å². The Morgan fingerprint density at radius 3 is 2.35 bits per heavy atom. The second-order valence-electron chi connectivity index (χ2n) is 6.48. The Morgan fingerprint density at radius 1 is 1.17 bits per heavy atom. The first-order valence-corrected chi connectivity index (χ1v) is 9.26. The number of nitrogens with zero attached hydrogens (tertiary/aromatic N) is 1. The molecule has 1 aromatic rings. The van der Waals surface area contributed by atoms with E-state index in [4.69, 9.17) is 9.47 Å². The molecule has 4 nitrogen and oxygen atoms in total. The van der Waals surface area contributed by atoms with Crippen LogP contribution in [0.15, 0.2) is 29.2 Å². The van der Waals surface area contributed by atoms with Gasteiger partial charge in [-0.3, -0.25) is 4.79 Å². The number of hydrogen-bond acceptors (Lipinski definition) is 4. The van der Waals surface area contributed by atoms with Gasteiger partial charge in [0.25, 0.3) is 0 Å². The third-order valence-corrected chi connectivity index (χ3v) is 5.36. The van der Waals surface area contributed by atoms with Crippen LogP contribution in [0.3, 0.4) is 0 Å². The smallest absolute Gasteiger partial charge is 0.226 e. The number of hydrogen-bond donors (Lipinski definition) is 0. The van der Waals surface area contributed by atoms with Crippen LogP contribution in [-0.2, 0) is 20.7 Å². The topological polar surface area (TPSA) is 38.8 Å². The van der Waals surface area contributed by atoms with Gasteiger partial charge in [-0.05, 0) is 17.7 Å². The molecular weight excluding hydrogens is 310 g/mol. The first kappa shape index (κ1) is 16.8. The fraction of sp³-hybridized carbons (Fsp3) is 0.611. The minimum Gasteiger partial charge on any atom is -0.347 e. The summed E-state index contributed by atoms with van der Waals surface area (Å²) in [7, 11) is 0. The molecule has 0 bridgehead atoms. The summed E-state index contributed by atoms with van der Waals surface area (Å²) in [5.41, 5.74) is 1.08. The summed E-state index contributed by atoms with van der Waals surface area (Å²) in [6.07, 6.45) is 2.03. The molecule has 2 aliphatic rings. The highest BCUT2D eigenvalue weighted by Gasteiger charge is 2.40. The van der Waals surface area contributed by atoms with E-state index in [9.17, 15) is 4.79 Å². The van der Waals surface area contributed by atoms with Gasteiger partial charge in [0.15, 0.2) is 5.79 Å². The van der Waals surface area contributed by atoms with Crippen molar-refractivity contribution in [3.05, 3.63) is 29.8 Å². The summed E-state index contributed by atoms with van der Waals surface area (Å²) in [4.78, 5) is 15.7. The van der Waals surface area contributed by atoms with E-state index in [-0.39, 0.29) is 5.91 Å². The lowest BCUT2D eigenvalue weighted by molar-refractivity contribution is -0.187. The van der Waals surface area contributed by atoms with Gasteiger partial charge in [-0.25, -0.2) is 0 Å². The molecule has 0 unspecified atom stereocenters. The van der Waals surface area contributed by atoms with E-state index in [1.165, 1.54) is 4.90 Å². The summed E-state index contributed by atoms with van der Waals surface area (Å²) in [5, 5.41) is 0.572. The zero-order valence-corrected chi connectivity index (χ0v) is 14.7. The molecule has 1 aromatic carbocycles. The highest BCUT2D eigenvalue weighted by atomic mass is 32.2. The lowest BCUT2D eigenvalue weighted by Gasteiger charge is -2.37. The van der Waals surface area contributed by atoms with E-state index in [2.05, 4.69) is 38.1 Å². The maximum atomic E-state index is 12.5. The van der Waals surface area contributed by atoms with Gasteiger partial charge in [-0.2, -0.15) is 0 Å². The molecule has 1 spiro atoms. The normalized spacial score (nSPS) is 20.4. The zero-order valence-electron chi connectivity index (χ0n) is 13.9. The predicted octanol–water partition coefficient (Wildman–Crippen LogP) is 3.10. The Kier molecular flexibility index (Phi) is 5.29. The number of rotatable bonds is 4. The highest BCUT2D eigenvalue weighted by Crippen LogP contribution is 2.31. The number of carbonyl (C=O) groups excluding carboxylic acids is 1. The van der Waals surface area contributed by atoms with Gasteiger partial charge in [0.1, 0.15) is 0 Å². The molecule has 2 saturated heterocycles. The van der Waals surface area contributed by atoms with Crippen LogP contribution in [0.2, 0.25) is 0 Å². The fourth-order valence-corrected chi connectivity index (χ4v) is 3.96. The van der Waals surface area contributed by atoms with Crippen LogP contribution in [-0.4, -0.2) is 48.1 Å². The van der Waals surface area contributed by atoms with Crippen LogP contribution in [0, 0.1) is 0 Å². The lowest BCUT2D eigenvalue weighted by Crippen LogP contribution is -2.47. The van der Waals surface area contributed by atoms with Gasteiger partial charge >= 0.3 is 0 Å². The molecule has 0 radical (unpaired) electrons. The third-order valence-electron chi connectivity index (χ3n) is 4.34. The number of likely N-dealkylation sites (tertiary alicyclic amines) is 1. The average molecular weight is 335 g/mol. The minimum atomic E-state index is -0.410. The molecule has 0 aromatic heterocycles. The van der Waals surface area contributed by atoms with Gasteiger partial charge in [-0.15, -0.1) is 11.8 Å². The van der Waals surface area contributed by atoms with Crippen molar-refractivity contribution in [3.8, 4) is 0 Å². The molecule has 3 rings (SSSR count). The predicted molar refractivity (Wildman–Crippen MR) is 91.6 cm³/mol. The second kappa shape index (κ2) is 7.24. The van der Waals surface area contributed by atoms with E-state index in [1.54, 1.807) is 0 Å². The van der Waals surface area contributed by atoms with Crippen molar-refractivity contribution in [3.63, 3.8) is 0 Å². The molecule has 2 heterocycles. The van der Waals surface area contributed by atoms with E-state index in [1.807, 2.05) is 16.7 Å². The summed E-state index contributed by atoms with van der Waals surface area (Å²) in [6, 6.07) is 8.35. The Balaban J connectivity index is 1.51. The molecule has 0 saturated carbocycles. The largest absolute Gasteiger partial charge is 0.347 e. The first-order chi connectivity index (χ1) is 11.1. The Labute approximate surface area is 142 Å². The second-order valence-corrected chi connectivity index (χ2v) is 8.13. The Morgan fingerprint density at radius 2 is 1.78 bits per heavy atom. The molecule has 0 N–H and O–H groups in total. The summed E-state index contributed by atoms with van der Waals surface area (Å²) >= 11 is 1.84. The molecule has 5 heteroatoms. The number of thioether (sulfide) groups is 1. The molecule has 0 aliphatic carbocycles. The lowest BCUT2D eigenvalue weighted by atomic mass is 10.0. The molecule has 2 aliphatic heterocycles. The number of amides is 1. The molecule has 2 fully saturated rings. The number of carbonyl (C=O) groups is 1. The quantitative estimate of drug-likeness (QED) is 0.793. The van der Waals surface area contributed by atoms with Crippen LogP contribution in [0.25, 0.3) is 0 Å². The van der Waals surface area contributed by atoms with Crippen LogP contribution in [0.5, 0.6) is 0 Å². The maximum absolute atomic E-state index is 12.5. The standard InChI is InChI=1S/C18H25NO3S/c1-14(2)23-16-5-3-15(4-6-16)13-17(20)19-9-7-18(8-10-19)21-11-12-22-18/h3-6,14H,7-13H2,1-2H3. The minimum absolute atomic E-state index is 0.196. The van der Waals surface area contributed by atoms with Gasteiger partial charge in [0.2, 0.25) is 5.91 Å². The van der Waals surface area contributed by atoms with E-state index >= 15 is 0 Å². The first-order valence-electron chi connectivity index (χ1n) is 8.38. The van der Waals surface area contributed by atoms with Crippen molar-refractivity contribution < 1.29 is 14.3 Å². The monoisotopic (exact) mass is 335 g/mol. The summed E-state index contributed by atoms with van der Waals surface area (Å²) in [5.74, 6) is -0.214. The van der Waals surface area contributed by atoms with Gasteiger partial charge in [0, 0.05) is 36.1 Å². The van der Waals surface area contributed by atoms with E-state index in [0.717, 1.165) is 31.5 Å². The van der Waals surface area contributed by atoms with E-state index < -0.39 is 5.79 Å². The van der Waals surface area contributed by atoms with Crippen LogP contribution in [0.4, 0.5) is 0 Å². The SMILES string of the molecule is CC(C)Sc1ccc(CC(=O)N2CCC3(CC2)OCCO3)cc1. The third kappa shape index (κ3) is 4.28. The maximum Gasteiger partial charge on any atom is 0.226 e. The van der Waals surface area contributed by atoms with Gasteiger partial charge in [0.05, 0.1) is 19.6 Å². The number of benzene rings is 1. The number of piperidine rings is 1. The van der Waals surface area contributed by atoms with Crippen LogP contribution < -0.4 is 0 Å². The zero-order chi connectivity index (χ0) is 16.3. The Bertz CT molecular complexity index is 528. The van der Waals surface area contributed by atoms with Gasteiger partial charge < -0.3 is 14.4 Å². The number of ether oxygens (including phenoxy) is 2. The Hall–Kier alpha value is -1.04. The van der Waals surface area contributed by atoms with E-state index in [0.29, 0.717) is 24.9 Å².